The second kappa shape index (κ2) is 5.09. The van der Waals surface area contributed by atoms with Crippen molar-refractivity contribution in [1.82, 2.24) is 5.43 Å². The molecule has 4 heteroatoms. The predicted octanol–water partition coefficient (Wildman–Crippen LogP) is 1.34. The molecule has 0 fully saturated rings. The summed E-state index contributed by atoms with van der Waals surface area (Å²) in [4.78, 5) is 4.40. The Kier molecular flexibility index (Phi) is 3.54. The molecule has 0 aliphatic carbocycles. The molecule has 1 aliphatic heterocycles. The van der Waals surface area contributed by atoms with Crippen LogP contribution in [0.2, 0.25) is 0 Å². The van der Waals surface area contributed by atoms with Crippen LogP contribution in [-0.4, -0.2) is 12.4 Å². The van der Waals surface area contributed by atoms with E-state index < -0.39 is 0 Å². The van der Waals surface area contributed by atoms with Crippen LogP contribution < -0.4 is 11.3 Å². The molecule has 1 aromatic rings. The molecule has 0 saturated carbocycles. The van der Waals surface area contributed by atoms with Gasteiger partial charge >= 0.3 is 0 Å². The maximum absolute atomic E-state index is 5.48. The number of nitrogens with zero attached hydrogens (tertiary/aromatic N) is 1. The second-order valence-corrected chi connectivity index (χ2v) is 3.85. The number of benzene rings is 1. The SMILES string of the molecule is CCCN=C(NN)c1ccc2c(c1)COC2. The zero-order valence-corrected chi connectivity index (χ0v) is 9.49. The van der Waals surface area contributed by atoms with Crippen molar-refractivity contribution in [1.29, 1.82) is 0 Å². The van der Waals surface area contributed by atoms with Crippen molar-refractivity contribution < 1.29 is 4.74 Å². The summed E-state index contributed by atoms with van der Waals surface area (Å²) in [7, 11) is 0. The number of nitrogens with two attached hydrogens (primary N) is 1. The summed E-state index contributed by atoms with van der Waals surface area (Å²) in [5, 5.41) is 0. The van der Waals surface area contributed by atoms with Gasteiger partial charge in [-0.05, 0) is 23.6 Å². The Morgan fingerprint density at radius 2 is 2.25 bits per heavy atom. The highest BCUT2D eigenvalue weighted by Gasteiger charge is 2.12. The molecular weight excluding hydrogens is 202 g/mol. The van der Waals surface area contributed by atoms with E-state index in [0.29, 0.717) is 13.2 Å². The molecule has 0 radical (unpaired) electrons. The fourth-order valence-corrected chi connectivity index (χ4v) is 1.76. The van der Waals surface area contributed by atoms with Gasteiger partial charge in [0.05, 0.1) is 13.2 Å². The number of amidine groups is 1. The average molecular weight is 219 g/mol. The summed E-state index contributed by atoms with van der Waals surface area (Å²) in [6, 6.07) is 6.20. The molecule has 86 valence electrons. The van der Waals surface area contributed by atoms with Gasteiger partial charge in [0.15, 0.2) is 0 Å². The highest BCUT2D eigenvalue weighted by atomic mass is 16.5. The maximum Gasteiger partial charge on any atom is 0.142 e. The van der Waals surface area contributed by atoms with Crippen molar-refractivity contribution in [2.45, 2.75) is 26.6 Å². The van der Waals surface area contributed by atoms with Gasteiger partial charge < -0.3 is 10.2 Å². The van der Waals surface area contributed by atoms with E-state index in [9.17, 15) is 0 Å². The third-order valence-electron chi connectivity index (χ3n) is 2.63. The van der Waals surface area contributed by atoms with Gasteiger partial charge in [-0.25, -0.2) is 5.84 Å². The first-order valence-electron chi connectivity index (χ1n) is 5.56. The van der Waals surface area contributed by atoms with Crippen molar-refractivity contribution in [2.24, 2.45) is 10.8 Å². The molecule has 0 bridgehead atoms. The molecule has 4 nitrogen and oxygen atoms in total. The smallest absolute Gasteiger partial charge is 0.142 e. The zero-order chi connectivity index (χ0) is 11.4. The van der Waals surface area contributed by atoms with E-state index >= 15 is 0 Å². The quantitative estimate of drug-likeness (QED) is 0.349. The average Bonchev–Trinajstić information content (AvgIpc) is 2.77. The Labute approximate surface area is 95.5 Å². The van der Waals surface area contributed by atoms with Crippen LogP contribution in [0.25, 0.3) is 0 Å². The zero-order valence-electron chi connectivity index (χ0n) is 9.49. The number of hydrogen-bond acceptors (Lipinski definition) is 3. The second-order valence-electron chi connectivity index (χ2n) is 3.85. The first-order chi connectivity index (χ1) is 7.85. The Morgan fingerprint density at radius 3 is 3.00 bits per heavy atom. The monoisotopic (exact) mass is 219 g/mol. The lowest BCUT2D eigenvalue weighted by Gasteiger charge is -2.07. The summed E-state index contributed by atoms with van der Waals surface area (Å²) in [5.74, 6) is 6.23. The van der Waals surface area contributed by atoms with Gasteiger partial charge in [0.2, 0.25) is 0 Å². The molecule has 0 atom stereocenters. The van der Waals surface area contributed by atoms with Crippen LogP contribution >= 0.6 is 0 Å². The minimum Gasteiger partial charge on any atom is -0.372 e. The lowest BCUT2D eigenvalue weighted by molar-refractivity contribution is 0.134. The van der Waals surface area contributed by atoms with E-state index in [-0.39, 0.29) is 0 Å². The number of rotatable bonds is 3. The normalized spacial score (nSPS) is 15.0. The van der Waals surface area contributed by atoms with Gasteiger partial charge in [-0.2, -0.15) is 0 Å². The number of aliphatic imine (C=N–C) groups is 1. The third-order valence-corrected chi connectivity index (χ3v) is 2.63. The summed E-state index contributed by atoms with van der Waals surface area (Å²) in [6.07, 6.45) is 1.01. The van der Waals surface area contributed by atoms with Crippen molar-refractivity contribution in [3.63, 3.8) is 0 Å². The summed E-state index contributed by atoms with van der Waals surface area (Å²) < 4.78 is 5.37. The number of ether oxygens (including phenoxy) is 1. The summed E-state index contributed by atoms with van der Waals surface area (Å²) in [6.45, 7) is 4.28. The van der Waals surface area contributed by atoms with E-state index in [2.05, 4.69) is 29.5 Å². The number of hydrazine groups is 1. The molecule has 1 heterocycles. The Balaban J connectivity index is 2.25. The standard InChI is InChI=1S/C12H17N3O/c1-2-5-14-12(15-13)9-3-4-10-7-16-8-11(10)6-9/h3-4,6H,2,5,7-8,13H2,1H3,(H,14,15). The minimum atomic E-state index is 0.689. The molecular formula is C12H17N3O. The molecule has 1 aromatic carbocycles. The van der Waals surface area contributed by atoms with Crippen LogP contribution in [-0.2, 0) is 18.0 Å². The van der Waals surface area contributed by atoms with E-state index in [1.165, 1.54) is 11.1 Å². The topological polar surface area (TPSA) is 59.6 Å². The summed E-state index contributed by atoms with van der Waals surface area (Å²) >= 11 is 0. The highest BCUT2D eigenvalue weighted by molar-refractivity contribution is 5.98. The van der Waals surface area contributed by atoms with Crippen LogP contribution in [0.5, 0.6) is 0 Å². The van der Waals surface area contributed by atoms with Gasteiger partial charge in [0.25, 0.3) is 0 Å². The number of hydrogen-bond donors (Lipinski definition) is 2. The largest absolute Gasteiger partial charge is 0.372 e. The van der Waals surface area contributed by atoms with E-state index in [1.807, 2.05) is 6.07 Å². The molecule has 3 N–H and O–H groups in total. The molecule has 16 heavy (non-hydrogen) atoms. The van der Waals surface area contributed by atoms with Crippen LogP contribution in [0.15, 0.2) is 23.2 Å². The Bertz CT molecular complexity index is 401. The first kappa shape index (κ1) is 11.1. The van der Waals surface area contributed by atoms with Crippen LogP contribution in [0.4, 0.5) is 0 Å². The van der Waals surface area contributed by atoms with Crippen LogP contribution in [0.1, 0.15) is 30.0 Å². The molecule has 0 unspecified atom stereocenters. The third kappa shape index (κ3) is 2.23. The van der Waals surface area contributed by atoms with Gasteiger partial charge in [-0.1, -0.05) is 19.1 Å². The number of fused-ring (bicyclic) bond motifs is 1. The lowest BCUT2D eigenvalue weighted by atomic mass is 10.1. The van der Waals surface area contributed by atoms with Gasteiger partial charge in [0.1, 0.15) is 5.84 Å². The van der Waals surface area contributed by atoms with Crippen molar-refractivity contribution in [3.05, 3.63) is 34.9 Å². The van der Waals surface area contributed by atoms with Gasteiger partial charge in [-0.3, -0.25) is 4.99 Å². The van der Waals surface area contributed by atoms with Crippen molar-refractivity contribution >= 4 is 5.84 Å². The van der Waals surface area contributed by atoms with E-state index in [4.69, 9.17) is 10.6 Å². The molecule has 0 amide bonds. The number of nitrogens with one attached hydrogen (secondary N) is 1. The Morgan fingerprint density at radius 1 is 1.44 bits per heavy atom. The molecule has 1 aliphatic rings. The molecule has 2 rings (SSSR count). The van der Waals surface area contributed by atoms with E-state index in [1.54, 1.807) is 0 Å². The predicted molar refractivity (Wildman–Crippen MR) is 64.0 cm³/mol. The van der Waals surface area contributed by atoms with E-state index in [0.717, 1.165) is 24.4 Å². The molecule has 0 saturated heterocycles. The van der Waals surface area contributed by atoms with Gasteiger partial charge in [0, 0.05) is 12.1 Å². The lowest BCUT2D eigenvalue weighted by Crippen LogP contribution is -2.31. The van der Waals surface area contributed by atoms with Crippen LogP contribution in [0, 0.1) is 0 Å². The first-order valence-corrected chi connectivity index (χ1v) is 5.56. The Hall–Kier alpha value is -1.39. The maximum atomic E-state index is 5.48. The van der Waals surface area contributed by atoms with Crippen molar-refractivity contribution in [2.75, 3.05) is 6.54 Å². The molecule has 0 spiro atoms. The fourth-order valence-electron chi connectivity index (χ4n) is 1.76. The minimum absolute atomic E-state index is 0.689. The van der Waals surface area contributed by atoms with Crippen LogP contribution in [0.3, 0.4) is 0 Å². The highest BCUT2D eigenvalue weighted by Crippen LogP contribution is 2.20. The van der Waals surface area contributed by atoms with Crippen molar-refractivity contribution in [3.8, 4) is 0 Å². The molecule has 0 aromatic heterocycles. The fraction of sp³-hybridized carbons (Fsp3) is 0.417. The summed E-state index contributed by atoms with van der Waals surface area (Å²) in [5.41, 5.74) is 6.17. The van der Waals surface area contributed by atoms with Gasteiger partial charge in [-0.15, -0.1) is 0 Å².